The third-order valence-corrected chi connectivity index (χ3v) is 5.36. The Morgan fingerprint density at radius 1 is 1.13 bits per heavy atom. The van der Waals surface area contributed by atoms with Crippen LogP contribution >= 0.6 is 23.4 Å². The molecule has 0 saturated heterocycles. The summed E-state index contributed by atoms with van der Waals surface area (Å²) >= 11 is 8.46. The fourth-order valence-corrected chi connectivity index (χ4v) is 4.17. The minimum atomic E-state index is 0. The van der Waals surface area contributed by atoms with Gasteiger partial charge in [-0.05, 0) is 28.8 Å². The van der Waals surface area contributed by atoms with E-state index in [-0.39, 0.29) is 12.4 Å². The third-order valence-electron chi connectivity index (χ3n) is 3.92. The van der Waals surface area contributed by atoms with Crippen LogP contribution in [0.1, 0.15) is 23.1 Å². The Morgan fingerprint density at radius 2 is 1.91 bits per heavy atom. The molecule has 3 rings (SSSR count). The van der Waals surface area contributed by atoms with E-state index < -0.39 is 0 Å². The Morgan fingerprint density at radius 3 is 2.70 bits per heavy atom. The van der Waals surface area contributed by atoms with Gasteiger partial charge in [-0.25, -0.2) is 0 Å². The van der Waals surface area contributed by atoms with Crippen LogP contribution in [0.5, 0.6) is 0 Å². The van der Waals surface area contributed by atoms with Gasteiger partial charge in [0, 0.05) is 27.7 Å². The minimum Gasteiger partial charge on any atom is -1.00 e. The molecular weight excluding hydrogens is 345 g/mol. The number of hydrogen-bond donors (Lipinski definition) is 1. The molecule has 1 aliphatic heterocycles. The molecule has 122 valence electrons. The lowest BCUT2D eigenvalue weighted by atomic mass is 9.93. The molecule has 0 radical (unpaired) electrons. The van der Waals surface area contributed by atoms with E-state index in [1.807, 2.05) is 17.8 Å². The number of thioether (sulfide) groups is 1. The Hall–Kier alpha value is -0.930. The second-order valence-corrected chi connectivity index (χ2v) is 7.35. The standard InChI is InChI=1S/C19H20ClNS.ClH/c1-21(2)12-6-9-16-15-8-3-4-11-18(15)22-13-14-7-5-10-17(20)19(14)16;/h3-5,7-11H,6,12-13H2,1-2H3;1H/b16-9+;. The van der Waals surface area contributed by atoms with Crippen molar-refractivity contribution >= 4 is 28.9 Å². The third kappa shape index (κ3) is 4.13. The van der Waals surface area contributed by atoms with Gasteiger partial charge in [0.15, 0.2) is 0 Å². The highest BCUT2D eigenvalue weighted by molar-refractivity contribution is 7.98. The van der Waals surface area contributed by atoms with Crippen molar-refractivity contribution in [2.75, 3.05) is 20.6 Å². The summed E-state index contributed by atoms with van der Waals surface area (Å²) in [7, 11) is 4.38. The lowest BCUT2D eigenvalue weighted by molar-refractivity contribution is -0.857. The summed E-state index contributed by atoms with van der Waals surface area (Å²) in [6.07, 6.45) is 3.42. The number of nitrogens with one attached hydrogen (secondary N) is 1. The van der Waals surface area contributed by atoms with Crippen molar-refractivity contribution in [2.24, 2.45) is 0 Å². The van der Waals surface area contributed by atoms with Gasteiger partial charge in [0.1, 0.15) is 0 Å². The number of halogens is 2. The fraction of sp³-hybridized carbons (Fsp3) is 0.263. The van der Waals surface area contributed by atoms with Crippen LogP contribution in [0.15, 0.2) is 53.4 Å². The molecule has 23 heavy (non-hydrogen) atoms. The summed E-state index contributed by atoms with van der Waals surface area (Å²) in [6.45, 7) is 1.12. The summed E-state index contributed by atoms with van der Waals surface area (Å²) in [4.78, 5) is 2.81. The van der Waals surface area contributed by atoms with Gasteiger partial charge in [0.2, 0.25) is 0 Å². The smallest absolute Gasteiger partial charge is 0.0802 e. The van der Waals surface area contributed by atoms with Gasteiger partial charge in [0.05, 0.1) is 20.6 Å². The number of fused-ring (bicyclic) bond motifs is 2. The summed E-state index contributed by atoms with van der Waals surface area (Å²) in [5, 5.41) is 0.859. The second-order valence-electron chi connectivity index (χ2n) is 5.92. The van der Waals surface area contributed by atoms with Crippen LogP contribution in [-0.2, 0) is 5.75 Å². The summed E-state index contributed by atoms with van der Waals surface area (Å²) in [5.74, 6) is 0.975. The zero-order chi connectivity index (χ0) is 15.5. The van der Waals surface area contributed by atoms with E-state index in [9.17, 15) is 0 Å². The van der Waals surface area contributed by atoms with Crippen LogP contribution in [-0.4, -0.2) is 20.6 Å². The van der Waals surface area contributed by atoms with Gasteiger partial charge < -0.3 is 17.3 Å². The largest absolute Gasteiger partial charge is 1.00 e. The molecule has 2 aromatic carbocycles. The molecule has 0 bridgehead atoms. The van der Waals surface area contributed by atoms with Crippen molar-refractivity contribution in [3.63, 3.8) is 0 Å². The lowest BCUT2D eigenvalue weighted by Gasteiger charge is -2.13. The quantitative estimate of drug-likeness (QED) is 0.847. The highest BCUT2D eigenvalue weighted by Gasteiger charge is 2.20. The SMILES string of the molecule is C[NH+](C)CC/C=C1\c2ccccc2SCc2cccc(Cl)c21.[Cl-]. The Labute approximate surface area is 154 Å². The zero-order valence-electron chi connectivity index (χ0n) is 13.4. The molecule has 1 heterocycles. The van der Waals surface area contributed by atoms with Crippen LogP contribution in [0.4, 0.5) is 0 Å². The highest BCUT2D eigenvalue weighted by Crippen LogP contribution is 2.42. The molecule has 4 heteroatoms. The van der Waals surface area contributed by atoms with Gasteiger partial charge in [-0.2, -0.15) is 0 Å². The van der Waals surface area contributed by atoms with Crippen molar-refractivity contribution in [3.8, 4) is 0 Å². The predicted molar refractivity (Wildman–Crippen MR) is 96.8 cm³/mol. The monoisotopic (exact) mass is 365 g/mol. The molecule has 0 spiro atoms. The second kappa shape index (κ2) is 8.25. The summed E-state index contributed by atoms with van der Waals surface area (Å²) in [5.41, 5.74) is 5.16. The first-order valence-electron chi connectivity index (χ1n) is 7.66. The molecule has 0 saturated carbocycles. The Balaban J connectivity index is 0.00000192. The number of hydrogen-bond acceptors (Lipinski definition) is 1. The lowest BCUT2D eigenvalue weighted by Crippen LogP contribution is -3.05. The average Bonchev–Trinajstić information content (AvgIpc) is 2.66. The number of benzene rings is 2. The van der Waals surface area contributed by atoms with Gasteiger partial charge >= 0.3 is 0 Å². The maximum atomic E-state index is 6.56. The average molecular weight is 366 g/mol. The van der Waals surface area contributed by atoms with Gasteiger partial charge in [0.25, 0.3) is 0 Å². The van der Waals surface area contributed by atoms with E-state index in [1.165, 1.54) is 32.1 Å². The normalized spacial score (nSPS) is 14.9. The minimum absolute atomic E-state index is 0. The van der Waals surface area contributed by atoms with E-state index in [0.717, 1.165) is 23.7 Å². The van der Waals surface area contributed by atoms with Crippen molar-refractivity contribution in [3.05, 3.63) is 70.3 Å². The molecular formula is C19H21Cl2NS. The first-order valence-corrected chi connectivity index (χ1v) is 9.02. The molecule has 0 aromatic heterocycles. The van der Waals surface area contributed by atoms with Crippen LogP contribution in [0, 0.1) is 0 Å². The number of rotatable bonds is 3. The van der Waals surface area contributed by atoms with E-state index in [1.54, 1.807) is 0 Å². The van der Waals surface area contributed by atoms with Crippen molar-refractivity contribution in [2.45, 2.75) is 17.1 Å². The summed E-state index contributed by atoms with van der Waals surface area (Å²) < 4.78 is 0. The first-order chi connectivity index (χ1) is 10.7. The Kier molecular flexibility index (Phi) is 6.60. The van der Waals surface area contributed by atoms with Crippen LogP contribution in [0.25, 0.3) is 5.57 Å². The fourth-order valence-electron chi connectivity index (χ4n) is 2.81. The molecule has 0 unspecified atom stereocenters. The van der Waals surface area contributed by atoms with Gasteiger partial charge in [-0.15, -0.1) is 11.8 Å². The first kappa shape index (κ1) is 18.4. The molecule has 0 fully saturated rings. The molecule has 0 atom stereocenters. The van der Waals surface area contributed by atoms with Crippen LogP contribution in [0.2, 0.25) is 5.02 Å². The van der Waals surface area contributed by atoms with Crippen molar-refractivity contribution in [1.82, 2.24) is 0 Å². The Bertz CT molecular complexity index is 710. The van der Waals surface area contributed by atoms with Crippen molar-refractivity contribution in [1.29, 1.82) is 0 Å². The molecule has 1 nitrogen and oxygen atoms in total. The highest BCUT2D eigenvalue weighted by atomic mass is 35.5. The van der Waals surface area contributed by atoms with Gasteiger partial charge in [-0.3, -0.25) is 0 Å². The molecule has 0 amide bonds. The maximum absolute atomic E-state index is 6.56. The van der Waals surface area contributed by atoms with Crippen molar-refractivity contribution < 1.29 is 17.3 Å². The maximum Gasteiger partial charge on any atom is 0.0802 e. The summed E-state index contributed by atoms with van der Waals surface area (Å²) in [6, 6.07) is 14.9. The predicted octanol–water partition coefficient (Wildman–Crippen LogP) is 0.916. The van der Waals surface area contributed by atoms with E-state index in [4.69, 9.17) is 11.6 Å². The molecule has 2 aromatic rings. The van der Waals surface area contributed by atoms with E-state index in [0.29, 0.717) is 0 Å². The van der Waals surface area contributed by atoms with Crippen LogP contribution < -0.4 is 17.3 Å². The van der Waals surface area contributed by atoms with Crippen LogP contribution in [0.3, 0.4) is 0 Å². The molecule has 1 N–H and O–H groups in total. The van der Waals surface area contributed by atoms with E-state index >= 15 is 0 Å². The van der Waals surface area contributed by atoms with Gasteiger partial charge in [-0.1, -0.05) is 48.0 Å². The molecule has 1 aliphatic rings. The number of quaternary nitrogens is 1. The topological polar surface area (TPSA) is 4.44 Å². The molecule has 0 aliphatic carbocycles. The zero-order valence-corrected chi connectivity index (χ0v) is 15.7. The van der Waals surface area contributed by atoms with E-state index in [2.05, 4.69) is 56.6 Å².